The molecule has 0 unspecified atom stereocenters. The summed E-state index contributed by atoms with van der Waals surface area (Å²) in [4.78, 5) is 21.6. The quantitative estimate of drug-likeness (QED) is 0.401. The monoisotopic (exact) mass is 363 g/mol. The van der Waals surface area contributed by atoms with Crippen molar-refractivity contribution in [2.75, 3.05) is 0 Å². The van der Waals surface area contributed by atoms with Crippen molar-refractivity contribution in [2.24, 2.45) is 7.05 Å². The number of nitrogens with zero attached hydrogens (tertiary/aromatic N) is 1. The number of rotatable bonds is 4. The number of esters is 1. The minimum Gasteiger partial charge on any atom is -0.419 e. The van der Waals surface area contributed by atoms with Gasteiger partial charge in [0, 0.05) is 18.6 Å². The Balaban J connectivity index is 1.93. The number of ether oxygens (including phenoxy) is 2. The highest BCUT2D eigenvalue weighted by Crippen LogP contribution is 2.32. The van der Waals surface area contributed by atoms with E-state index < -0.39 is 12.3 Å². The maximum absolute atomic E-state index is 12.2. The maximum atomic E-state index is 12.2. The second-order valence-electron chi connectivity index (χ2n) is 5.45. The lowest BCUT2D eigenvalue weighted by Gasteiger charge is -2.09. The highest BCUT2D eigenvalue weighted by molar-refractivity contribution is 6.21. The number of hydrogen-bond acceptors (Lipinski definition) is 4. The van der Waals surface area contributed by atoms with Crippen molar-refractivity contribution < 1.29 is 32.2 Å². The van der Waals surface area contributed by atoms with Crippen molar-refractivity contribution in [3.63, 3.8) is 0 Å². The minimum atomic E-state index is -4.74. The van der Waals surface area contributed by atoms with Gasteiger partial charge in [-0.15, -0.1) is 13.2 Å². The molecule has 0 aliphatic rings. The van der Waals surface area contributed by atoms with Crippen LogP contribution >= 0.6 is 0 Å². The van der Waals surface area contributed by atoms with Crippen molar-refractivity contribution in [3.8, 4) is 22.6 Å². The Morgan fingerprint density at radius 2 is 1.73 bits per heavy atom. The number of aldehydes is 1. The number of aryl methyl sites for hydroxylation is 1. The first-order chi connectivity index (χ1) is 12.3. The topological polar surface area (TPSA) is 57.5 Å². The summed E-state index contributed by atoms with van der Waals surface area (Å²) >= 11 is 0. The Bertz CT molecular complexity index is 975. The van der Waals surface area contributed by atoms with Crippen molar-refractivity contribution in [1.29, 1.82) is 0 Å². The average molecular weight is 363 g/mol. The van der Waals surface area contributed by atoms with Gasteiger partial charge in [-0.2, -0.15) is 0 Å². The van der Waals surface area contributed by atoms with Crippen LogP contribution in [0.2, 0.25) is 0 Å². The number of halogens is 3. The Morgan fingerprint density at radius 1 is 1.08 bits per heavy atom. The zero-order valence-electron chi connectivity index (χ0n) is 13.4. The molecule has 0 N–H and O–H groups in total. The average Bonchev–Trinajstić information content (AvgIpc) is 2.89. The Kier molecular flexibility index (Phi) is 4.41. The fourth-order valence-corrected chi connectivity index (χ4v) is 2.59. The lowest BCUT2D eigenvalue weighted by atomic mass is 10.0. The van der Waals surface area contributed by atoms with E-state index in [0.717, 1.165) is 11.1 Å². The standard InChI is InChI=1S/C18H12F3NO4/c1-22-9-16(25-17(24)10-23)14-7-4-12(8-15(14)22)11-2-5-13(6-3-11)26-18(19,20)21/h2-10H,1H3. The lowest BCUT2D eigenvalue weighted by molar-refractivity contribution is -0.274. The molecule has 0 amide bonds. The molecule has 0 atom stereocenters. The van der Waals surface area contributed by atoms with E-state index in [1.54, 1.807) is 36.0 Å². The van der Waals surface area contributed by atoms with E-state index in [0.29, 0.717) is 10.9 Å². The summed E-state index contributed by atoms with van der Waals surface area (Å²) in [5.74, 6) is -1.05. The third-order valence-corrected chi connectivity index (χ3v) is 3.68. The van der Waals surface area contributed by atoms with E-state index in [4.69, 9.17) is 4.74 Å². The number of fused-ring (bicyclic) bond motifs is 1. The van der Waals surface area contributed by atoms with Crippen LogP contribution in [-0.2, 0) is 16.6 Å². The summed E-state index contributed by atoms with van der Waals surface area (Å²) in [7, 11) is 1.74. The molecule has 0 aliphatic carbocycles. The summed E-state index contributed by atoms with van der Waals surface area (Å²) in [6.07, 6.45) is -3.09. The molecule has 0 bridgehead atoms. The summed E-state index contributed by atoms with van der Waals surface area (Å²) in [5, 5.41) is 0.628. The van der Waals surface area contributed by atoms with Crippen LogP contribution in [-0.4, -0.2) is 23.2 Å². The fourth-order valence-electron chi connectivity index (χ4n) is 2.59. The Labute approximate surface area is 145 Å². The molecule has 134 valence electrons. The van der Waals surface area contributed by atoms with Gasteiger partial charge in [-0.05, 0) is 35.4 Å². The second kappa shape index (κ2) is 6.55. The van der Waals surface area contributed by atoms with Crippen molar-refractivity contribution in [1.82, 2.24) is 4.57 Å². The van der Waals surface area contributed by atoms with Crippen LogP contribution in [0.1, 0.15) is 0 Å². The molecule has 3 aromatic rings. The largest absolute Gasteiger partial charge is 0.573 e. The minimum absolute atomic E-state index is 0.0811. The van der Waals surface area contributed by atoms with Gasteiger partial charge < -0.3 is 14.0 Å². The molecule has 0 saturated carbocycles. The van der Waals surface area contributed by atoms with Gasteiger partial charge in [0.05, 0.1) is 5.52 Å². The molecular formula is C18H12F3NO4. The lowest BCUT2D eigenvalue weighted by Crippen LogP contribution is -2.16. The smallest absolute Gasteiger partial charge is 0.419 e. The van der Waals surface area contributed by atoms with E-state index >= 15 is 0 Å². The number of carbonyl (C=O) groups is 2. The summed E-state index contributed by atoms with van der Waals surface area (Å²) in [6.45, 7) is 0. The molecule has 1 aromatic heterocycles. The summed E-state index contributed by atoms with van der Waals surface area (Å²) in [5.41, 5.74) is 2.17. The molecule has 0 saturated heterocycles. The highest BCUT2D eigenvalue weighted by Gasteiger charge is 2.30. The molecule has 2 aromatic carbocycles. The van der Waals surface area contributed by atoms with E-state index in [1.165, 1.54) is 24.3 Å². The fraction of sp³-hybridized carbons (Fsp3) is 0.111. The molecular weight excluding hydrogens is 351 g/mol. The van der Waals surface area contributed by atoms with E-state index in [2.05, 4.69) is 4.74 Å². The number of aromatic nitrogens is 1. The maximum Gasteiger partial charge on any atom is 0.573 e. The molecule has 0 aliphatic heterocycles. The molecule has 0 radical (unpaired) electrons. The van der Waals surface area contributed by atoms with Crippen LogP contribution in [0.25, 0.3) is 22.0 Å². The zero-order valence-corrected chi connectivity index (χ0v) is 13.4. The number of carbonyl (C=O) groups excluding carboxylic acids is 2. The predicted molar refractivity (Wildman–Crippen MR) is 86.7 cm³/mol. The number of alkyl halides is 3. The highest BCUT2D eigenvalue weighted by atomic mass is 19.4. The van der Waals surface area contributed by atoms with E-state index in [1.807, 2.05) is 0 Å². The normalized spacial score (nSPS) is 11.4. The third kappa shape index (κ3) is 3.69. The van der Waals surface area contributed by atoms with Gasteiger partial charge in [-0.25, -0.2) is 4.79 Å². The van der Waals surface area contributed by atoms with E-state index in [-0.39, 0.29) is 17.8 Å². The second-order valence-corrected chi connectivity index (χ2v) is 5.45. The van der Waals surface area contributed by atoms with Crippen LogP contribution < -0.4 is 9.47 Å². The van der Waals surface area contributed by atoms with Gasteiger partial charge in [0.15, 0.2) is 5.75 Å². The van der Waals surface area contributed by atoms with Gasteiger partial charge in [0.2, 0.25) is 6.29 Å². The number of benzene rings is 2. The number of hydrogen-bond donors (Lipinski definition) is 0. The van der Waals surface area contributed by atoms with E-state index in [9.17, 15) is 22.8 Å². The van der Waals surface area contributed by atoms with Crippen molar-refractivity contribution in [2.45, 2.75) is 6.36 Å². The molecule has 3 rings (SSSR count). The molecule has 8 heteroatoms. The Hall–Kier alpha value is -3.29. The SMILES string of the molecule is Cn1cc(OC(=O)C=O)c2ccc(-c3ccc(OC(F)(F)F)cc3)cc21. The first-order valence-corrected chi connectivity index (χ1v) is 7.39. The van der Waals surface area contributed by atoms with Gasteiger partial charge in [-0.1, -0.05) is 18.2 Å². The van der Waals surface area contributed by atoms with Crippen LogP contribution in [0.15, 0.2) is 48.7 Å². The Morgan fingerprint density at radius 3 is 2.35 bits per heavy atom. The molecule has 5 nitrogen and oxygen atoms in total. The van der Waals surface area contributed by atoms with Crippen molar-refractivity contribution >= 4 is 23.2 Å². The summed E-state index contributed by atoms with van der Waals surface area (Å²) < 4.78 is 47.2. The van der Waals surface area contributed by atoms with Crippen LogP contribution in [0.3, 0.4) is 0 Å². The third-order valence-electron chi connectivity index (χ3n) is 3.68. The first kappa shape index (κ1) is 17.5. The summed E-state index contributed by atoms with van der Waals surface area (Å²) in [6, 6.07) is 10.7. The predicted octanol–water partition coefficient (Wildman–Crippen LogP) is 3.85. The molecule has 0 fully saturated rings. The molecule has 1 heterocycles. The van der Waals surface area contributed by atoms with Gasteiger partial charge in [0.1, 0.15) is 5.75 Å². The zero-order chi connectivity index (χ0) is 18.9. The van der Waals surface area contributed by atoms with Gasteiger partial charge in [0.25, 0.3) is 0 Å². The molecule has 0 spiro atoms. The van der Waals surface area contributed by atoms with Crippen LogP contribution in [0.5, 0.6) is 11.5 Å². The first-order valence-electron chi connectivity index (χ1n) is 7.39. The van der Waals surface area contributed by atoms with Crippen molar-refractivity contribution in [3.05, 3.63) is 48.7 Å². The van der Waals surface area contributed by atoms with Crippen LogP contribution in [0, 0.1) is 0 Å². The molecule has 26 heavy (non-hydrogen) atoms. The van der Waals surface area contributed by atoms with Gasteiger partial charge in [-0.3, -0.25) is 4.79 Å². The van der Waals surface area contributed by atoms with Gasteiger partial charge >= 0.3 is 12.3 Å². The van der Waals surface area contributed by atoms with Crippen LogP contribution in [0.4, 0.5) is 13.2 Å².